The van der Waals surface area contributed by atoms with Gasteiger partial charge in [0.25, 0.3) is 10.0 Å². The Morgan fingerprint density at radius 3 is 2.77 bits per heavy atom. The second-order valence-corrected chi connectivity index (χ2v) is 8.12. The summed E-state index contributed by atoms with van der Waals surface area (Å²) in [4.78, 5) is 11.8. The molecule has 9 heteroatoms. The number of carbonyl (C=O) groups excluding carboxylic acids is 1. The summed E-state index contributed by atoms with van der Waals surface area (Å²) in [5, 5.41) is 3.17. The Kier molecular flexibility index (Phi) is 5.43. The van der Waals surface area contributed by atoms with Crippen LogP contribution in [0.15, 0.2) is 10.3 Å². The van der Waals surface area contributed by atoms with Crippen molar-refractivity contribution >= 4 is 27.3 Å². The van der Waals surface area contributed by atoms with Gasteiger partial charge in [-0.1, -0.05) is 6.92 Å². The van der Waals surface area contributed by atoms with E-state index in [2.05, 4.69) is 14.8 Å². The van der Waals surface area contributed by atoms with Crippen LogP contribution in [0.5, 0.6) is 5.75 Å². The van der Waals surface area contributed by atoms with Gasteiger partial charge in [0.15, 0.2) is 9.96 Å². The van der Waals surface area contributed by atoms with Crippen molar-refractivity contribution in [2.45, 2.75) is 23.6 Å². The molecule has 1 saturated heterocycles. The minimum Gasteiger partial charge on any atom is -0.494 e. The maximum absolute atomic E-state index is 12.6. The van der Waals surface area contributed by atoms with Crippen molar-refractivity contribution < 1.29 is 22.7 Å². The molecule has 2 atom stereocenters. The average Bonchev–Trinajstić information content (AvgIpc) is 2.94. The smallest absolute Gasteiger partial charge is 0.348 e. The summed E-state index contributed by atoms with van der Waals surface area (Å²) < 4.78 is 37.6. The summed E-state index contributed by atoms with van der Waals surface area (Å²) in [6.45, 7) is 3.48. The van der Waals surface area contributed by atoms with Gasteiger partial charge in [-0.2, -0.15) is 0 Å². The molecular formula is C13H20N2O5S2. The summed E-state index contributed by atoms with van der Waals surface area (Å²) in [6, 6.07) is 1.19. The topological polar surface area (TPSA) is 93.7 Å². The number of methoxy groups -OCH3 is 2. The van der Waals surface area contributed by atoms with Crippen LogP contribution in [0.1, 0.15) is 23.0 Å². The van der Waals surface area contributed by atoms with Crippen LogP contribution in [0.4, 0.5) is 0 Å². The highest BCUT2D eigenvalue weighted by Crippen LogP contribution is 2.34. The number of hydrogen-bond donors (Lipinski definition) is 2. The van der Waals surface area contributed by atoms with Crippen LogP contribution in [-0.4, -0.2) is 47.7 Å². The molecule has 1 aromatic rings. The molecule has 2 N–H and O–H groups in total. The van der Waals surface area contributed by atoms with Gasteiger partial charge in [0, 0.05) is 18.7 Å². The van der Waals surface area contributed by atoms with E-state index in [-0.39, 0.29) is 26.8 Å². The highest BCUT2D eigenvalue weighted by molar-refractivity contribution is 7.91. The Balaban J connectivity index is 2.28. The third kappa shape index (κ3) is 3.60. The lowest BCUT2D eigenvalue weighted by Gasteiger charge is -2.29. The molecule has 2 rings (SSSR count). The third-order valence-corrected chi connectivity index (χ3v) is 6.75. The third-order valence-electron chi connectivity index (χ3n) is 3.65. The quantitative estimate of drug-likeness (QED) is 0.765. The van der Waals surface area contributed by atoms with Crippen molar-refractivity contribution in [1.29, 1.82) is 0 Å². The van der Waals surface area contributed by atoms with Crippen LogP contribution < -0.4 is 14.8 Å². The predicted molar refractivity (Wildman–Crippen MR) is 83.0 cm³/mol. The fourth-order valence-electron chi connectivity index (χ4n) is 2.29. The molecule has 7 nitrogen and oxygen atoms in total. The van der Waals surface area contributed by atoms with Gasteiger partial charge >= 0.3 is 5.97 Å². The van der Waals surface area contributed by atoms with Gasteiger partial charge in [0.1, 0.15) is 4.88 Å². The Bertz CT molecular complexity index is 641. The molecule has 2 heterocycles. The van der Waals surface area contributed by atoms with E-state index in [0.717, 1.165) is 24.3 Å². The fourth-order valence-corrected chi connectivity index (χ4v) is 5.14. The Morgan fingerprint density at radius 2 is 2.18 bits per heavy atom. The Labute approximate surface area is 134 Å². The van der Waals surface area contributed by atoms with Gasteiger partial charge in [-0.15, -0.1) is 11.3 Å². The Hall–Kier alpha value is -1.16. The van der Waals surface area contributed by atoms with Gasteiger partial charge in [-0.3, -0.25) is 0 Å². The molecule has 0 aliphatic carbocycles. The molecule has 22 heavy (non-hydrogen) atoms. The van der Waals surface area contributed by atoms with E-state index < -0.39 is 16.0 Å². The molecule has 124 valence electrons. The number of piperidine rings is 1. The maximum atomic E-state index is 12.6. The van der Waals surface area contributed by atoms with Gasteiger partial charge in [0.2, 0.25) is 0 Å². The normalized spacial score (nSPS) is 22.3. The predicted octanol–water partition coefficient (Wildman–Crippen LogP) is 0.820. The zero-order valence-electron chi connectivity index (χ0n) is 12.7. The first-order valence-corrected chi connectivity index (χ1v) is 9.18. The molecule has 0 radical (unpaired) electrons. The number of sulfonamides is 1. The first-order valence-electron chi connectivity index (χ1n) is 6.88. The van der Waals surface area contributed by atoms with Crippen molar-refractivity contribution in [3.63, 3.8) is 0 Å². The zero-order chi connectivity index (χ0) is 16.3. The van der Waals surface area contributed by atoms with Crippen LogP contribution in [0.2, 0.25) is 0 Å². The van der Waals surface area contributed by atoms with Crippen molar-refractivity contribution in [3.05, 3.63) is 10.9 Å². The van der Waals surface area contributed by atoms with Crippen molar-refractivity contribution in [1.82, 2.24) is 10.0 Å². The van der Waals surface area contributed by atoms with Crippen LogP contribution >= 0.6 is 11.3 Å². The molecule has 1 aromatic heterocycles. The van der Waals surface area contributed by atoms with Crippen LogP contribution in [0.25, 0.3) is 0 Å². The minimum absolute atomic E-state index is 0.00632. The molecule has 2 unspecified atom stereocenters. The SMILES string of the molecule is COC(=O)c1cc(OC)c(S(=O)(=O)NC2CNCCC2C)s1. The standard InChI is InChI=1S/C13H20N2O5S2/c1-8-4-5-14-7-9(8)15-22(17,18)13-10(19-2)6-11(21-13)12(16)20-3/h6,8-9,14-15H,4-5,7H2,1-3H3. The van der Waals surface area contributed by atoms with E-state index in [1.807, 2.05) is 6.92 Å². The molecule has 0 amide bonds. The van der Waals surface area contributed by atoms with E-state index in [9.17, 15) is 13.2 Å². The molecule has 1 aliphatic rings. The molecule has 0 bridgehead atoms. The zero-order valence-corrected chi connectivity index (χ0v) is 14.3. The highest BCUT2D eigenvalue weighted by atomic mass is 32.2. The first-order chi connectivity index (χ1) is 10.4. The molecular weight excluding hydrogens is 328 g/mol. The summed E-state index contributed by atoms with van der Waals surface area (Å²) in [5.74, 6) is -0.200. The van der Waals surface area contributed by atoms with Crippen molar-refractivity contribution in [3.8, 4) is 5.75 Å². The van der Waals surface area contributed by atoms with Gasteiger partial charge in [-0.05, 0) is 18.9 Å². The second kappa shape index (κ2) is 6.95. The number of rotatable bonds is 5. The molecule has 0 aromatic carbocycles. The number of hydrogen-bond acceptors (Lipinski definition) is 7. The number of esters is 1. The lowest BCUT2D eigenvalue weighted by molar-refractivity contribution is 0.0606. The molecule has 0 saturated carbocycles. The lowest BCUT2D eigenvalue weighted by Crippen LogP contribution is -2.49. The number of nitrogens with one attached hydrogen (secondary N) is 2. The minimum atomic E-state index is -3.76. The Morgan fingerprint density at radius 1 is 1.45 bits per heavy atom. The average molecular weight is 348 g/mol. The molecule has 1 fully saturated rings. The van der Waals surface area contributed by atoms with E-state index >= 15 is 0 Å². The van der Waals surface area contributed by atoms with Gasteiger partial charge in [0.05, 0.1) is 14.2 Å². The maximum Gasteiger partial charge on any atom is 0.348 e. The summed E-state index contributed by atoms with van der Waals surface area (Å²) in [7, 11) is -1.15. The van der Waals surface area contributed by atoms with E-state index in [1.54, 1.807) is 0 Å². The molecule has 0 spiro atoms. The first kappa shape index (κ1) is 17.2. The summed E-state index contributed by atoms with van der Waals surface area (Å²) in [5.41, 5.74) is 0. The largest absolute Gasteiger partial charge is 0.494 e. The summed E-state index contributed by atoms with van der Waals surface area (Å²) in [6.07, 6.45) is 0.905. The molecule has 1 aliphatic heterocycles. The van der Waals surface area contributed by atoms with Crippen LogP contribution in [0, 0.1) is 5.92 Å². The van der Waals surface area contributed by atoms with E-state index in [0.29, 0.717) is 6.54 Å². The van der Waals surface area contributed by atoms with Crippen LogP contribution in [-0.2, 0) is 14.8 Å². The van der Waals surface area contributed by atoms with Gasteiger partial charge in [-0.25, -0.2) is 17.9 Å². The summed E-state index contributed by atoms with van der Waals surface area (Å²) >= 11 is 0.843. The van der Waals surface area contributed by atoms with Crippen molar-refractivity contribution in [2.24, 2.45) is 5.92 Å². The second-order valence-electron chi connectivity index (χ2n) is 5.16. The van der Waals surface area contributed by atoms with Crippen LogP contribution in [0.3, 0.4) is 0 Å². The highest BCUT2D eigenvalue weighted by Gasteiger charge is 2.31. The van der Waals surface area contributed by atoms with E-state index in [4.69, 9.17) is 4.74 Å². The lowest BCUT2D eigenvalue weighted by atomic mass is 9.96. The fraction of sp³-hybridized carbons (Fsp3) is 0.615. The monoisotopic (exact) mass is 348 g/mol. The number of ether oxygens (including phenoxy) is 2. The number of carbonyl (C=O) groups is 1. The number of thiophene rings is 1. The van der Waals surface area contributed by atoms with Gasteiger partial charge < -0.3 is 14.8 Å². The van der Waals surface area contributed by atoms with Crippen molar-refractivity contribution in [2.75, 3.05) is 27.3 Å². The van der Waals surface area contributed by atoms with E-state index in [1.165, 1.54) is 20.3 Å².